The summed E-state index contributed by atoms with van der Waals surface area (Å²) in [6, 6.07) is 0. The highest BCUT2D eigenvalue weighted by Gasteiger charge is 1.99. The molecule has 0 atom stereocenters. The number of carbonyl (C=O) groups excluding carboxylic acids is 1. The summed E-state index contributed by atoms with van der Waals surface area (Å²) < 4.78 is 12.3. The molecule has 0 aromatic carbocycles. The molecule has 0 spiro atoms. The standard InChI is InChI=1S/C11H15FO/c1-4-10(8-9(3)12)6-7-11(13)5-2/h4,8H,1,3,5-7H2,2H3/b10-8+. The van der Waals surface area contributed by atoms with Crippen LogP contribution in [0.5, 0.6) is 0 Å². The lowest BCUT2D eigenvalue weighted by atomic mass is 10.1. The summed E-state index contributed by atoms with van der Waals surface area (Å²) in [5, 5.41) is 0. The Bertz CT molecular complexity index is 238. The summed E-state index contributed by atoms with van der Waals surface area (Å²) in [5.41, 5.74) is 0.717. The van der Waals surface area contributed by atoms with Crippen LogP contribution in [0.25, 0.3) is 0 Å². The molecule has 72 valence electrons. The van der Waals surface area contributed by atoms with Crippen molar-refractivity contribution in [1.29, 1.82) is 0 Å². The molecule has 0 unspecified atom stereocenters. The zero-order valence-corrected chi connectivity index (χ0v) is 7.98. The largest absolute Gasteiger partial charge is 0.300 e. The highest BCUT2D eigenvalue weighted by molar-refractivity contribution is 5.78. The first-order chi connectivity index (χ1) is 6.10. The first-order valence-corrected chi connectivity index (χ1v) is 4.29. The van der Waals surface area contributed by atoms with E-state index in [1.165, 1.54) is 6.08 Å². The number of Topliss-reactive ketones (excluding diaryl/α,β-unsaturated/α-hetero) is 1. The van der Waals surface area contributed by atoms with Crippen LogP contribution in [0.15, 0.2) is 36.7 Å². The van der Waals surface area contributed by atoms with Crippen molar-refractivity contribution in [2.75, 3.05) is 0 Å². The Morgan fingerprint density at radius 2 is 2.08 bits per heavy atom. The van der Waals surface area contributed by atoms with Crippen molar-refractivity contribution in [1.82, 2.24) is 0 Å². The SMILES string of the molecule is C=C/C(=C\C(=C)F)CCC(=O)CC. The molecule has 0 saturated heterocycles. The van der Waals surface area contributed by atoms with Crippen LogP contribution in [0.3, 0.4) is 0 Å². The first kappa shape index (κ1) is 11.8. The van der Waals surface area contributed by atoms with E-state index in [-0.39, 0.29) is 5.78 Å². The van der Waals surface area contributed by atoms with E-state index in [9.17, 15) is 9.18 Å². The van der Waals surface area contributed by atoms with E-state index in [0.29, 0.717) is 24.8 Å². The topological polar surface area (TPSA) is 17.1 Å². The van der Waals surface area contributed by atoms with Gasteiger partial charge in [0.1, 0.15) is 11.6 Å². The Hall–Kier alpha value is -1.18. The lowest BCUT2D eigenvalue weighted by Crippen LogP contribution is -1.95. The minimum atomic E-state index is -0.501. The van der Waals surface area contributed by atoms with Gasteiger partial charge in [0.2, 0.25) is 0 Å². The lowest BCUT2D eigenvalue weighted by Gasteiger charge is -1.99. The van der Waals surface area contributed by atoms with Crippen LogP contribution in [-0.2, 0) is 4.79 Å². The Morgan fingerprint density at radius 1 is 1.46 bits per heavy atom. The highest BCUT2D eigenvalue weighted by Crippen LogP contribution is 2.10. The molecule has 0 aliphatic heterocycles. The van der Waals surface area contributed by atoms with Gasteiger partial charge in [0.05, 0.1) is 0 Å². The number of ketones is 1. The second-order valence-electron chi connectivity index (χ2n) is 2.76. The Balaban J connectivity index is 4.07. The number of rotatable bonds is 6. The summed E-state index contributed by atoms with van der Waals surface area (Å²) in [4.78, 5) is 10.9. The van der Waals surface area contributed by atoms with Crippen molar-refractivity contribution in [3.63, 3.8) is 0 Å². The van der Waals surface area contributed by atoms with Crippen LogP contribution < -0.4 is 0 Å². The van der Waals surface area contributed by atoms with Gasteiger partial charge < -0.3 is 0 Å². The van der Waals surface area contributed by atoms with Gasteiger partial charge in [0.25, 0.3) is 0 Å². The molecule has 0 aliphatic rings. The second-order valence-corrected chi connectivity index (χ2v) is 2.76. The third-order valence-corrected chi connectivity index (χ3v) is 1.69. The molecular formula is C11H15FO. The minimum absolute atomic E-state index is 0.178. The summed E-state index contributed by atoms with van der Waals surface area (Å²) >= 11 is 0. The molecule has 0 amide bonds. The van der Waals surface area contributed by atoms with Crippen molar-refractivity contribution in [3.05, 3.63) is 36.7 Å². The van der Waals surface area contributed by atoms with Gasteiger partial charge in [-0.15, -0.1) is 0 Å². The van der Waals surface area contributed by atoms with E-state index in [0.717, 1.165) is 0 Å². The van der Waals surface area contributed by atoms with Gasteiger partial charge >= 0.3 is 0 Å². The fraction of sp³-hybridized carbons (Fsp3) is 0.364. The highest BCUT2D eigenvalue weighted by atomic mass is 19.1. The predicted molar refractivity (Wildman–Crippen MR) is 53.1 cm³/mol. The maximum absolute atomic E-state index is 12.3. The average molecular weight is 182 g/mol. The third-order valence-electron chi connectivity index (χ3n) is 1.69. The summed E-state index contributed by atoms with van der Waals surface area (Å²) in [7, 11) is 0. The normalized spacial score (nSPS) is 11.1. The monoisotopic (exact) mass is 182 g/mol. The van der Waals surface area contributed by atoms with Crippen molar-refractivity contribution < 1.29 is 9.18 Å². The molecular weight excluding hydrogens is 167 g/mol. The number of allylic oxidation sites excluding steroid dienone is 4. The van der Waals surface area contributed by atoms with E-state index < -0.39 is 5.83 Å². The van der Waals surface area contributed by atoms with Gasteiger partial charge in [-0.25, -0.2) is 4.39 Å². The van der Waals surface area contributed by atoms with Gasteiger partial charge in [0, 0.05) is 12.8 Å². The molecule has 0 rings (SSSR count). The smallest absolute Gasteiger partial charge is 0.132 e. The number of halogens is 1. The molecule has 0 heterocycles. The van der Waals surface area contributed by atoms with Gasteiger partial charge in [0.15, 0.2) is 0 Å². The molecule has 0 fully saturated rings. The van der Waals surface area contributed by atoms with Gasteiger partial charge in [-0.3, -0.25) is 4.79 Å². The molecule has 13 heavy (non-hydrogen) atoms. The Labute approximate surface area is 78.6 Å². The van der Waals surface area contributed by atoms with E-state index in [1.54, 1.807) is 6.08 Å². The number of carbonyl (C=O) groups is 1. The van der Waals surface area contributed by atoms with E-state index >= 15 is 0 Å². The maximum Gasteiger partial charge on any atom is 0.132 e. The minimum Gasteiger partial charge on any atom is -0.300 e. The Kier molecular flexibility index (Phi) is 5.77. The fourth-order valence-corrected chi connectivity index (χ4v) is 0.895. The van der Waals surface area contributed by atoms with Crippen molar-refractivity contribution in [3.8, 4) is 0 Å². The predicted octanol–water partition coefficient (Wildman–Crippen LogP) is 3.34. The summed E-state index contributed by atoms with van der Waals surface area (Å²) in [6.45, 7) is 8.46. The number of hydrogen-bond donors (Lipinski definition) is 0. The average Bonchev–Trinajstić information content (AvgIpc) is 2.10. The van der Waals surface area contributed by atoms with Crippen LogP contribution in [0.4, 0.5) is 4.39 Å². The summed E-state index contributed by atoms with van der Waals surface area (Å²) in [6.07, 6.45) is 4.37. The van der Waals surface area contributed by atoms with Crippen LogP contribution in [0.1, 0.15) is 26.2 Å². The van der Waals surface area contributed by atoms with E-state index in [2.05, 4.69) is 13.2 Å². The van der Waals surface area contributed by atoms with Gasteiger partial charge in [-0.1, -0.05) is 26.2 Å². The molecule has 1 nitrogen and oxygen atoms in total. The fourth-order valence-electron chi connectivity index (χ4n) is 0.895. The third kappa shape index (κ3) is 6.02. The molecule has 0 N–H and O–H groups in total. The number of hydrogen-bond acceptors (Lipinski definition) is 1. The van der Waals surface area contributed by atoms with Crippen molar-refractivity contribution in [2.24, 2.45) is 0 Å². The van der Waals surface area contributed by atoms with Crippen LogP contribution in [-0.4, -0.2) is 5.78 Å². The van der Waals surface area contributed by atoms with Gasteiger partial charge in [-0.2, -0.15) is 0 Å². The van der Waals surface area contributed by atoms with Crippen molar-refractivity contribution >= 4 is 5.78 Å². The maximum atomic E-state index is 12.3. The molecule has 0 aliphatic carbocycles. The molecule has 0 saturated carbocycles. The molecule has 0 aromatic heterocycles. The van der Waals surface area contributed by atoms with E-state index in [1.807, 2.05) is 6.92 Å². The van der Waals surface area contributed by atoms with Crippen LogP contribution >= 0.6 is 0 Å². The van der Waals surface area contributed by atoms with Gasteiger partial charge in [-0.05, 0) is 18.1 Å². The summed E-state index contributed by atoms with van der Waals surface area (Å²) in [5.74, 6) is -0.323. The zero-order valence-electron chi connectivity index (χ0n) is 7.98. The zero-order chi connectivity index (χ0) is 10.3. The molecule has 0 aromatic rings. The van der Waals surface area contributed by atoms with Crippen LogP contribution in [0, 0.1) is 0 Å². The second kappa shape index (κ2) is 6.35. The molecule has 0 radical (unpaired) electrons. The molecule has 0 bridgehead atoms. The van der Waals surface area contributed by atoms with Crippen molar-refractivity contribution in [2.45, 2.75) is 26.2 Å². The lowest BCUT2D eigenvalue weighted by molar-refractivity contribution is -0.118. The molecule has 2 heteroatoms. The Morgan fingerprint density at radius 3 is 2.46 bits per heavy atom. The van der Waals surface area contributed by atoms with E-state index in [4.69, 9.17) is 0 Å². The van der Waals surface area contributed by atoms with Crippen LogP contribution in [0.2, 0.25) is 0 Å². The first-order valence-electron chi connectivity index (χ1n) is 4.29. The quantitative estimate of drug-likeness (QED) is 0.576.